The molecular formula is C24H25N3O2. The van der Waals surface area contributed by atoms with Crippen LogP contribution in [0.15, 0.2) is 54.7 Å². The number of primary amides is 1. The summed E-state index contributed by atoms with van der Waals surface area (Å²) in [6, 6.07) is 16.4. The van der Waals surface area contributed by atoms with Crippen molar-refractivity contribution in [1.29, 1.82) is 0 Å². The summed E-state index contributed by atoms with van der Waals surface area (Å²) in [6.07, 6.45) is 6.99. The number of hydrogen-bond acceptors (Lipinski definition) is 4. The van der Waals surface area contributed by atoms with Crippen LogP contribution in [0, 0.1) is 11.8 Å². The van der Waals surface area contributed by atoms with E-state index in [0.29, 0.717) is 17.5 Å². The third kappa shape index (κ3) is 3.58. The molecule has 1 amide bonds. The van der Waals surface area contributed by atoms with E-state index in [1.54, 1.807) is 12.1 Å². The summed E-state index contributed by atoms with van der Waals surface area (Å²) in [5.74, 6) is 2.50. The second-order valence-electron chi connectivity index (χ2n) is 8.28. The molecule has 0 saturated heterocycles. The molecular weight excluding hydrogens is 362 g/mol. The van der Waals surface area contributed by atoms with Crippen LogP contribution in [0.1, 0.15) is 41.6 Å². The Morgan fingerprint density at radius 3 is 2.62 bits per heavy atom. The number of nitrogens with zero attached hydrogens (tertiary/aromatic N) is 1. The average molecular weight is 387 g/mol. The van der Waals surface area contributed by atoms with Crippen LogP contribution in [0.3, 0.4) is 0 Å². The molecule has 5 heteroatoms. The van der Waals surface area contributed by atoms with Crippen molar-refractivity contribution in [3.8, 4) is 11.6 Å². The number of ether oxygens (including phenoxy) is 1. The second kappa shape index (κ2) is 7.48. The van der Waals surface area contributed by atoms with Gasteiger partial charge in [0.05, 0.1) is 5.56 Å². The predicted octanol–water partition coefficient (Wildman–Crippen LogP) is 4.40. The normalized spacial score (nSPS) is 22.8. The van der Waals surface area contributed by atoms with E-state index in [2.05, 4.69) is 34.6 Å². The maximum Gasteiger partial charge on any atom is 0.250 e. The number of fused-ring (bicyclic) bond motifs is 3. The van der Waals surface area contributed by atoms with Crippen molar-refractivity contribution < 1.29 is 9.53 Å². The highest BCUT2D eigenvalue weighted by molar-refractivity contribution is 5.92. The van der Waals surface area contributed by atoms with Gasteiger partial charge in [0, 0.05) is 30.2 Å². The summed E-state index contributed by atoms with van der Waals surface area (Å²) >= 11 is 0. The number of hydrogen-bond donors (Lipinski definition) is 2. The Hall–Kier alpha value is -2.92. The highest BCUT2D eigenvalue weighted by atomic mass is 16.5. The Balaban J connectivity index is 1.37. The quantitative estimate of drug-likeness (QED) is 0.657. The Kier molecular flexibility index (Phi) is 4.68. The predicted molar refractivity (Wildman–Crippen MR) is 113 cm³/mol. The number of benzene rings is 2. The van der Waals surface area contributed by atoms with Gasteiger partial charge in [0.2, 0.25) is 11.8 Å². The summed E-state index contributed by atoms with van der Waals surface area (Å²) in [5.41, 5.74) is 6.93. The number of nitrogens with one attached hydrogen (secondary N) is 1. The van der Waals surface area contributed by atoms with E-state index in [1.165, 1.54) is 42.8 Å². The molecule has 5 nitrogen and oxygen atoms in total. The van der Waals surface area contributed by atoms with Gasteiger partial charge in [-0.2, -0.15) is 0 Å². The monoisotopic (exact) mass is 387 g/mol. The molecule has 0 radical (unpaired) electrons. The first kappa shape index (κ1) is 18.1. The Morgan fingerprint density at radius 1 is 1.07 bits per heavy atom. The molecule has 148 valence electrons. The van der Waals surface area contributed by atoms with Crippen LogP contribution in [0.4, 0.5) is 0 Å². The van der Waals surface area contributed by atoms with Crippen LogP contribution in [-0.2, 0) is 6.54 Å². The van der Waals surface area contributed by atoms with Crippen LogP contribution in [0.2, 0.25) is 0 Å². The van der Waals surface area contributed by atoms with Crippen molar-refractivity contribution >= 4 is 16.7 Å². The van der Waals surface area contributed by atoms with Crippen molar-refractivity contribution in [2.24, 2.45) is 17.6 Å². The molecule has 3 atom stereocenters. The third-order valence-electron chi connectivity index (χ3n) is 6.50. The van der Waals surface area contributed by atoms with Crippen LogP contribution in [-0.4, -0.2) is 16.9 Å². The van der Waals surface area contributed by atoms with E-state index in [0.717, 1.165) is 29.5 Å². The SMILES string of the molecule is NC(=O)c1ccc(Oc2ccc(CN[C@H]3C[C@H]4CC[C@@H]3C4)c3ccccc23)nc1. The maximum absolute atomic E-state index is 11.2. The van der Waals surface area contributed by atoms with Crippen LogP contribution in [0.5, 0.6) is 11.6 Å². The molecule has 0 spiro atoms. The van der Waals surface area contributed by atoms with Crippen LogP contribution < -0.4 is 15.8 Å². The molecule has 2 aromatic carbocycles. The maximum atomic E-state index is 11.2. The first-order chi connectivity index (χ1) is 14.2. The molecule has 2 bridgehead atoms. The molecule has 5 rings (SSSR count). The van der Waals surface area contributed by atoms with Gasteiger partial charge >= 0.3 is 0 Å². The minimum absolute atomic E-state index is 0.365. The second-order valence-corrected chi connectivity index (χ2v) is 8.28. The van der Waals surface area contributed by atoms with E-state index >= 15 is 0 Å². The Labute approximate surface area is 170 Å². The van der Waals surface area contributed by atoms with Gasteiger partial charge in [-0.3, -0.25) is 4.79 Å². The summed E-state index contributed by atoms with van der Waals surface area (Å²) in [5, 5.41) is 6.06. The van der Waals surface area contributed by atoms with Gasteiger partial charge in [0.15, 0.2) is 0 Å². The molecule has 3 N–H and O–H groups in total. The molecule has 2 aliphatic rings. The van der Waals surface area contributed by atoms with Gasteiger partial charge < -0.3 is 15.8 Å². The lowest BCUT2D eigenvalue weighted by Crippen LogP contribution is -2.33. The smallest absolute Gasteiger partial charge is 0.250 e. The molecule has 2 fully saturated rings. The minimum Gasteiger partial charge on any atom is -0.438 e. The number of pyridine rings is 1. The summed E-state index contributed by atoms with van der Waals surface area (Å²) in [7, 11) is 0. The van der Waals surface area contributed by atoms with Gasteiger partial charge in [-0.15, -0.1) is 0 Å². The molecule has 0 unspecified atom stereocenters. The van der Waals surface area contributed by atoms with E-state index in [9.17, 15) is 4.79 Å². The molecule has 1 heterocycles. The van der Waals surface area contributed by atoms with E-state index in [4.69, 9.17) is 10.5 Å². The van der Waals surface area contributed by atoms with Crippen molar-refractivity contribution in [3.63, 3.8) is 0 Å². The minimum atomic E-state index is -0.498. The third-order valence-corrected chi connectivity index (χ3v) is 6.50. The lowest BCUT2D eigenvalue weighted by molar-refractivity contribution is 0.1000. The van der Waals surface area contributed by atoms with Gasteiger partial charge in [-0.25, -0.2) is 4.98 Å². The fourth-order valence-electron chi connectivity index (χ4n) is 5.01. The zero-order chi connectivity index (χ0) is 19.8. The topological polar surface area (TPSA) is 77.2 Å². The van der Waals surface area contributed by atoms with Crippen LogP contribution in [0.25, 0.3) is 10.8 Å². The number of rotatable bonds is 6. The van der Waals surface area contributed by atoms with E-state index in [-0.39, 0.29) is 0 Å². The molecule has 3 aromatic rings. The Morgan fingerprint density at radius 2 is 1.93 bits per heavy atom. The number of amides is 1. The molecule has 29 heavy (non-hydrogen) atoms. The fourth-order valence-corrected chi connectivity index (χ4v) is 5.01. The largest absolute Gasteiger partial charge is 0.438 e. The summed E-state index contributed by atoms with van der Waals surface area (Å²) < 4.78 is 6.02. The highest BCUT2D eigenvalue weighted by Crippen LogP contribution is 2.44. The van der Waals surface area contributed by atoms with Gasteiger partial charge in [0.25, 0.3) is 0 Å². The van der Waals surface area contributed by atoms with Crippen LogP contribution >= 0.6 is 0 Å². The lowest BCUT2D eigenvalue weighted by Gasteiger charge is -2.23. The number of nitrogens with two attached hydrogens (primary N) is 1. The zero-order valence-corrected chi connectivity index (χ0v) is 16.3. The summed E-state index contributed by atoms with van der Waals surface area (Å²) in [6.45, 7) is 0.875. The first-order valence-corrected chi connectivity index (χ1v) is 10.3. The molecule has 1 aromatic heterocycles. The molecule has 2 aliphatic carbocycles. The zero-order valence-electron chi connectivity index (χ0n) is 16.3. The number of carbonyl (C=O) groups is 1. The molecule has 2 saturated carbocycles. The summed E-state index contributed by atoms with van der Waals surface area (Å²) in [4.78, 5) is 15.4. The number of carbonyl (C=O) groups excluding carboxylic acids is 1. The van der Waals surface area contributed by atoms with Crippen molar-refractivity contribution in [1.82, 2.24) is 10.3 Å². The fraction of sp³-hybridized carbons (Fsp3) is 0.333. The van der Waals surface area contributed by atoms with E-state index < -0.39 is 5.91 Å². The van der Waals surface area contributed by atoms with Gasteiger partial charge in [-0.05, 0) is 54.2 Å². The standard InChI is InChI=1S/C24H25N3O2/c25-24(28)18-8-10-23(27-14-18)29-22-9-7-17(19-3-1-2-4-20(19)22)13-26-21-12-15-5-6-16(21)11-15/h1-4,7-10,14-16,21,26H,5-6,11-13H2,(H2,25,28)/t15-,16+,21-/m0/s1. The highest BCUT2D eigenvalue weighted by Gasteiger charge is 2.39. The Bertz CT molecular complexity index is 1050. The number of aromatic nitrogens is 1. The van der Waals surface area contributed by atoms with Gasteiger partial charge in [-0.1, -0.05) is 36.8 Å². The van der Waals surface area contributed by atoms with Crippen molar-refractivity contribution in [2.75, 3.05) is 0 Å². The van der Waals surface area contributed by atoms with E-state index in [1.807, 2.05) is 12.1 Å². The first-order valence-electron chi connectivity index (χ1n) is 10.3. The lowest BCUT2D eigenvalue weighted by atomic mass is 9.95. The van der Waals surface area contributed by atoms with Crippen molar-refractivity contribution in [3.05, 3.63) is 65.9 Å². The average Bonchev–Trinajstić information content (AvgIpc) is 3.37. The van der Waals surface area contributed by atoms with Crippen molar-refractivity contribution in [2.45, 2.75) is 38.3 Å². The van der Waals surface area contributed by atoms with Gasteiger partial charge in [0.1, 0.15) is 5.75 Å². The molecule has 0 aliphatic heterocycles.